The second kappa shape index (κ2) is 6.48. The van der Waals surface area contributed by atoms with Crippen molar-refractivity contribution >= 4 is 0 Å². The van der Waals surface area contributed by atoms with Crippen LogP contribution >= 0.6 is 0 Å². The van der Waals surface area contributed by atoms with E-state index in [4.69, 9.17) is 6.58 Å². The Balaban J connectivity index is 2.94. The second-order valence-corrected chi connectivity index (χ2v) is 1.59. The van der Waals surface area contributed by atoms with E-state index in [1.165, 1.54) is 0 Å². The summed E-state index contributed by atoms with van der Waals surface area (Å²) in [6.45, 7) is 8.81. The van der Waals surface area contributed by atoms with E-state index in [2.05, 4.69) is 13.0 Å². The summed E-state index contributed by atoms with van der Waals surface area (Å²) in [6.07, 6.45) is 8.69. The molecule has 0 aliphatic rings. The lowest BCUT2D eigenvalue weighted by Gasteiger charge is -1.80. The third-order valence-electron chi connectivity index (χ3n) is 0.810. The molecule has 44 valence electrons. The zero-order valence-electron chi connectivity index (χ0n) is 5.14. The lowest BCUT2D eigenvalue weighted by molar-refractivity contribution is 1.04. The van der Waals surface area contributed by atoms with Gasteiger partial charge in [-0.15, -0.1) is 0 Å². The molecule has 0 aliphatic carbocycles. The highest BCUT2D eigenvalue weighted by Gasteiger charge is 1.69. The fourth-order valence-electron chi connectivity index (χ4n) is 0.410. The smallest absolute Gasteiger partial charge is 0.0166 e. The SMILES string of the molecule is [CH]=CCC=CCC[CH2]. The number of hydrogen-bond donors (Lipinski definition) is 0. The summed E-state index contributed by atoms with van der Waals surface area (Å²) in [5.41, 5.74) is 0. The van der Waals surface area contributed by atoms with Gasteiger partial charge in [0.25, 0.3) is 0 Å². The molecule has 0 atom stereocenters. The molecule has 8 heavy (non-hydrogen) atoms. The minimum atomic E-state index is 0.875. The normalized spacial score (nSPS) is 10.1. The zero-order valence-corrected chi connectivity index (χ0v) is 5.14. The van der Waals surface area contributed by atoms with E-state index >= 15 is 0 Å². The van der Waals surface area contributed by atoms with E-state index in [9.17, 15) is 0 Å². The van der Waals surface area contributed by atoms with Gasteiger partial charge in [0.15, 0.2) is 0 Å². The van der Waals surface area contributed by atoms with Crippen molar-refractivity contribution < 1.29 is 0 Å². The molecular weight excluding hydrogens is 96.1 g/mol. The van der Waals surface area contributed by atoms with Crippen molar-refractivity contribution in [1.29, 1.82) is 0 Å². The van der Waals surface area contributed by atoms with E-state index in [1.54, 1.807) is 6.08 Å². The Morgan fingerprint density at radius 2 is 2.12 bits per heavy atom. The molecule has 0 heteroatoms. The number of rotatable bonds is 4. The Morgan fingerprint density at radius 1 is 1.38 bits per heavy atom. The van der Waals surface area contributed by atoms with Crippen LogP contribution in [0.1, 0.15) is 19.3 Å². The summed E-state index contributed by atoms with van der Waals surface area (Å²) >= 11 is 0. The molecule has 0 heterocycles. The van der Waals surface area contributed by atoms with Gasteiger partial charge in [0.2, 0.25) is 0 Å². The van der Waals surface area contributed by atoms with E-state index in [1.807, 2.05) is 6.08 Å². The molecule has 0 aliphatic heterocycles. The maximum Gasteiger partial charge on any atom is -0.0166 e. The van der Waals surface area contributed by atoms with Crippen molar-refractivity contribution in [1.82, 2.24) is 0 Å². The molecule has 0 aromatic rings. The van der Waals surface area contributed by atoms with Crippen LogP contribution in [0, 0.1) is 13.5 Å². The van der Waals surface area contributed by atoms with Gasteiger partial charge in [-0.2, -0.15) is 0 Å². The van der Waals surface area contributed by atoms with Crippen molar-refractivity contribution in [3.63, 3.8) is 0 Å². The fraction of sp³-hybridized carbons (Fsp3) is 0.375. The third kappa shape index (κ3) is 5.48. The highest BCUT2D eigenvalue weighted by molar-refractivity contribution is 4.87. The summed E-state index contributed by atoms with van der Waals surface area (Å²) < 4.78 is 0. The molecule has 0 amide bonds. The van der Waals surface area contributed by atoms with Gasteiger partial charge < -0.3 is 0 Å². The van der Waals surface area contributed by atoms with Crippen LogP contribution in [0.2, 0.25) is 0 Å². The van der Waals surface area contributed by atoms with Crippen LogP contribution in [0.3, 0.4) is 0 Å². The van der Waals surface area contributed by atoms with Crippen molar-refractivity contribution in [3.05, 3.63) is 31.7 Å². The first-order valence-corrected chi connectivity index (χ1v) is 2.89. The minimum Gasteiger partial charge on any atom is -0.0882 e. The van der Waals surface area contributed by atoms with Crippen molar-refractivity contribution in [2.45, 2.75) is 19.3 Å². The molecule has 0 saturated carbocycles. The summed E-state index contributed by atoms with van der Waals surface area (Å²) in [5.74, 6) is 0. The molecule has 2 radical (unpaired) electrons. The van der Waals surface area contributed by atoms with Crippen LogP contribution in [0.4, 0.5) is 0 Å². The van der Waals surface area contributed by atoms with Gasteiger partial charge in [-0.25, -0.2) is 0 Å². The second-order valence-electron chi connectivity index (χ2n) is 1.59. The van der Waals surface area contributed by atoms with Gasteiger partial charge in [-0.1, -0.05) is 31.7 Å². The standard InChI is InChI=1S/C8H12/c1-3-5-7-8-6-4-2/h1,3,7-8H,2,4-6H2. The van der Waals surface area contributed by atoms with E-state index in [0.29, 0.717) is 0 Å². The zero-order chi connectivity index (χ0) is 6.24. The summed E-state index contributed by atoms with van der Waals surface area (Å²) in [4.78, 5) is 0. The molecule has 0 nitrogen and oxygen atoms in total. The molecule has 0 unspecified atom stereocenters. The van der Waals surface area contributed by atoms with E-state index in [0.717, 1.165) is 19.3 Å². The average Bonchev–Trinajstić information content (AvgIpc) is 1.81. The fourth-order valence-corrected chi connectivity index (χ4v) is 0.410. The largest absolute Gasteiger partial charge is 0.0882 e. The summed E-state index contributed by atoms with van der Waals surface area (Å²) in [7, 11) is 0. The van der Waals surface area contributed by atoms with Crippen LogP contribution in [0.15, 0.2) is 18.2 Å². The van der Waals surface area contributed by atoms with Crippen LogP contribution in [-0.4, -0.2) is 0 Å². The van der Waals surface area contributed by atoms with Crippen LogP contribution in [-0.2, 0) is 0 Å². The number of unbranched alkanes of at least 4 members (excludes halogenated alkanes) is 1. The predicted octanol–water partition coefficient (Wildman–Crippen LogP) is 2.54. The van der Waals surface area contributed by atoms with Gasteiger partial charge in [0, 0.05) is 0 Å². The molecule has 0 bridgehead atoms. The number of hydrogen-bond acceptors (Lipinski definition) is 0. The first-order valence-electron chi connectivity index (χ1n) is 2.89. The van der Waals surface area contributed by atoms with Gasteiger partial charge in [-0.3, -0.25) is 0 Å². The van der Waals surface area contributed by atoms with Crippen molar-refractivity contribution in [2.75, 3.05) is 0 Å². The highest BCUT2D eigenvalue weighted by atomic mass is 13.8. The van der Waals surface area contributed by atoms with Gasteiger partial charge >= 0.3 is 0 Å². The summed E-state index contributed by atoms with van der Waals surface area (Å²) in [6, 6.07) is 0. The molecule has 0 rings (SSSR count). The quantitative estimate of drug-likeness (QED) is 0.485. The molecule has 0 aromatic carbocycles. The predicted molar refractivity (Wildman–Crippen MR) is 37.2 cm³/mol. The minimum absolute atomic E-state index is 0.875. The van der Waals surface area contributed by atoms with Gasteiger partial charge in [0.05, 0.1) is 0 Å². The van der Waals surface area contributed by atoms with Gasteiger partial charge in [-0.05, 0) is 19.3 Å². The molecule has 0 fully saturated rings. The molecule has 0 aromatic heterocycles. The lowest BCUT2D eigenvalue weighted by Crippen LogP contribution is -1.60. The monoisotopic (exact) mass is 108 g/mol. The van der Waals surface area contributed by atoms with Gasteiger partial charge in [0.1, 0.15) is 0 Å². The van der Waals surface area contributed by atoms with Crippen molar-refractivity contribution in [3.8, 4) is 0 Å². The third-order valence-corrected chi connectivity index (χ3v) is 0.810. The molecule has 0 saturated heterocycles. The maximum atomic E-state index is 5.12. The molecule has 0 N–H and O–H groups in total. The maximum absolute atomic E-state index is 5.12. The average molecular weight is 108 g/mol. The van der Waals surface area contributed by atoms with E-state index < -0.39 is 0 Å². The number of allylic oxidation sites excluding steroid dienone is 3. The first-order chi connectivity index (χ1) is 3.91. The van der Waals surface area contributed by atoms with Crippen LogP contribution in [0.25, 0.3) is 0 Å². The Morgan fingerprint density at radius 3 is 2.62 bits per heavy atom. The Bertz CT molecular complexity index is 70.1. The topological polar surface area (TPSA) is 0 Å². The van der Waals surface area contributed by atoms with Crippen LogP contribution in [0.5, 0.6) is 0 Å². The Hall–Kier alpha value is -0.520. The highest BCUT2D eigenvalue weighted by Crippen LogP contribution is 1.89. The summed E-state index contributed by atoms with van der Waals surface area (Å²) in [5, 5.41) is 0. The van der Waals surface area contributed by atoms with Crippen LogP contribution < -0.4 is 0 Å². The molecule has 0 spiro atoms. The lowest BCUT2D eigenvalue weighted by atomic mass is 10.3. The van der Waals surface area contributed by atoms with Crippen molar-refractivity contribution in [2.24, 2.45) is 0 Å². The Kier molecular flexibility index (Phi) is 6.06. The molecular formula is C8H12. The van der Waals surface area contributed by atoms with E-state index in [-0.39, 0.29) is 0 Å². The first kappa shape index (κ1) is 7.48. The Labute approximate surface area is 51.9 Å².